The fourth-order valence-corrected chi connectivity index (χ4v) is 3.23. The Morgan fingerprint density at radius 1 is 1.29 bits per heavy atom. The molecule has 1 fully saturated rings. The minimum atomic E-state index is -3.41. The molecule has 1 atom stereocenters. The van der Waals surface area contributed by atoms with E-state index in [0.29, 0.717) is 13.1 Å². The Kier molecular flexibility index (Phi) is 4.36. The zero-order valence-corrected chi connectivity index (χ0v) is 13.2. The van der Waals surface area contributed by atoms with Crippen LogP contribution in [-0.2, 0) is 14.8 Å². The van der Waals surface area contributed by atoms with Gasteiger partial charge in [-0.1, -0.05) is 12.1 Å². The van der Waals surface area contributed by atoms with Crippen LogP contribution in [0.5, 0.6) is 0 Å². The Morgan fingerprint density at radius 2 is 1.81 bits per heavy atom. The number of hydrogen-bond donors (Lipinski definition) is 1. The van der Waals surface area contributed by atoms with Crippen molar-refractivity contribution in [1.82, 2.24) is 9.21 Å². The van der Waals surface area contributed by atoms with Crippen LogP contribution in [0, 0.1) is 5.92 Å². The number of carboxylic acids is 1. The summed E-state index contributed by atoms with van der Waals surface area (Å²) < 4.78 is 25.1. The summed E-state index contributed by atoms with van der Waals surface area (Å²) in [5.74, 6) is -1.05. The van der Waals surface area contributed by atoms with Crippen LogP contribution < -0.4 is 0 Å². The summed E-state index contributed by atoms with van der Waals surface area (Å²) in [6, 6.07) is 6.84. The third kappa shape index (κ3) is 3.09. The van der Waals surface area contributed by atoms with Gasteiger partial charge in [0.15, 0.2) is 0 Å². The number of rotatable bonds is 5. The molecule has 1 N–H and O–H groups in total. The highest BCUT2D eigenvalue weighted by Gasteiger charge is 2.35. The van der Waals surface area contributed by atoms with Gasteiger partial charge in [-0.15, -0.1) is 0 Å². The maximum Gasteiger partial charge on any atom is 0.309 e. The van der Waals surface area contributed by atoms with E-state index >= 15 is 0 Å². The van der Waals surface area contributed by atoms with Crippen LogP contribution in [0.2, 0.25) is 0 Å². The number of sulfonamides is 1. The predicted octanol–water partition coefficient (Wildman–Crippen LogP) is 1.01. The molecule has 2 rings (SSSR count). The number of hydrogen-bond acceptors (Lipinski definition) is 4. The van der Waals surface area contributed by atoms with Gasteiger partial charge in [-0.05, 0) is 24.6 Å². The average molecular weight is 312 g/mol. The number of benzene rings is 1. The molecule has 0 amide bonds. The second-order valence-electron chi connectivity index (χ2n) is 5.52. The monoisotopic (exact) mass is 312 g/mol. The Labute approximate surface area is 125 Å². The summed E-state index contributed by atoms with van der Waals surface area (Å²) >= 11 is 0. The molecule has 1 aliphatic rings. The third-order valence-electron chi connectivity index (χ3n) is 3.95. The number of carboxylic acid groups (broad SMARTS) is 1. The van der Waals surface area contributed by atoms with Crippen LogP contribution in [0.1, 0.15) is 18.5 Å². The van der Waals surface area contributed by atoms with E-state index < -0.39 is 16.0 Å². The minimum absolute atomic E-state index is 0.0803. The van der Waals surface area contributed by atoms with Gasteiger partial charge in [-0.2, -0.15) is 0 Å². The van der Waals surface area contributed by atoms with Crippen molar-refractivity contribution in [3.05, 3.63) is 29.8 Å². The van der Waals surface area contributed by atoms with Crippen molar-refractivity contribution < 1.29 is 18.3 Å². The number of aliphatic carboxylic acids is 1. The van der Waals surface area contributed by atoms with Gasteiger partial charge in [-0.25, -0.2) is 12.7 Å². The number of likely N-dealkylation sites (tertiary alicyclic amines) is 1. The number of nitrogens with zero attached hydrogens (tertiary/aromatic N) is 2. The first-order valence-electron chi connectivity index (χ1n) is 6.73. The van der Waals surface area contributed by atoms with Crippen molar-refractivity contribution in [3.63, 3.8) is 0 Å². The van der Waals surface area contributed by atoms with Crippen molar-refractivity contribution in [2.45, 2.75) is 17.9 Å². The first-order valence-corrected chi connectivity index (χ1v) is 8.17. The maximum atomic E-state index is 12.0. The molecule has 1 aromatic carbocycles. The van der Waals surface area contributed by atoms with Crippen molar-refractivity contribution in [3.8, 4) is 0 Å². The van der Waals surface area contributed by atoms with E-state index in [1.807, 2.05) is 6.92 Å². The first kappa shape index (κ1) is 15.9. The van der Waals surface area contributed by atoms with E-state index in [0.717, 1.165) is 5.56 Å². The smallest absolute Gasteiger partial charge is 0.309 e. The van der Waals surface area contributed by atoms with Crippen LogP contribution >= 0.6 is 0 Å². The van der Waals surface area contributed by atoms with Crippen molar-refractivity contribution >= 4 is 16.0 Å². The molecule has 0 aromatic heterocycles. The molecule has 21 heavy (non-hydrogen) atoms. The molecule has 0 spiro atoms. The topological polar surface area (TPSA) is 77.9 Å². The molecule has 0 radical (unpaired) electrons. The highest BCUT2D eigenvalue weighted by molar-refractivity contribution is 7.89. The molecular weight excluding hydrogens is 292 g/mol. The molecule has 1 saturated heterocycles. The SMILES string of the molecule is CC(c1ccc(S(=O)(=O)N(C)C)cc1)N1CC(C(=O)O)C1. The average Bonchev–Trinajstić information content (AvgIpc) is 2.36. The van der Waals surface area contributed by atoms with Crippen LogP contribution in [0.25, 0.3) is 0 Å². The molecule has 6 nitrogen and oxygen atoms in total. The predicted molar refractivity (Wildman–Crippen MR) is 78.4 cm³/mol. The quantitative estimate of drug-likeness (QED) is 0.878. The second-order valence-corrected chi connectivity index (χ2v) is 7.67. The van der Waals surface area contributed by atoms with Gasteiger partial charge in [-0.3, -0.25) is 9.69 Å². The summed E-state index contributed by atoms with van der Waals surface area (Å²) in [4.78, 5) is 13.1. The molecule has 1 heterocycles. The standard InChI is InChI=1S/C14H20N2O4S/c1-10(16-8-12(9-16)14(17)18)11-4-6-13(7-5-11)21(19,20)15(2)3/h4-7,10,12H,8-9H2,1-3H3,(H,17,18). The number of carbonyl (C=O) groups is 1. The second kappa shape index (κ2) is 5.75. The lowest BCUT2D eigenvalue weighted by Gasteiger charge is -2.41. The lowest BCUT2D eigenvalue weighted by molar-refractivity contribution is -0.148. The molecule has 1 aliphatic heterocycles. The molecule has 116 valence electrons. The van der Waals surface area contributed by atoms with Crippen LogP contribution in [-0.4, -0.2) is 55.9 Å². The van der Waals surface area contributed by atoms with E-state index in [9.17, 15) is 13.2 Å². The summed E-state index contributed by atoms with van der Waals surface area (Å²) in [6.45, 7) is 3.07. The molecule has 0 saturated carbocycles. The minimum Gasteiger partial charge on any atom is -0.481 e. The highest BCUT2D eigenvalue weighted by atomic mass is 32.2. The first-order chi connectivity index (χ1) is 9.73. The van der Waals surface area contributed by atoms with Gasteiger partial charge in [0, 0.05) is 33.2 Å². The zero-order valence-electron chi connectivity index (χ0n) is 12.4. The molecular formula is C14H20N2O4S. The fourth-order valence-electron chi connectivity index (χ4n) is 2.33. The van der Waals surface area contributed by atoms with Crippen molar-refractivity contribution in [1.29, 1.82) is 0 Å². The van der Waals surface area contributed by atoms with E-state index in [1.54, 1.807) is 24.3 Å². The molecule has 1 unspecified atom stereocenters. The molecule has 0 bridgehead atoms. The van der Waals surface area contributed by atoms with Crippen molar-refractivity contribution in [2.24, 2.45) is 5.92 Å². The highest BCUT2D eigenvalue weighted by Crippen LogP contribution is 2.29. The third-order valence-corrected chi connectivity index (χ3v) is 5.78. The Bertz CT molecular complexity index is 619. The lowest BCUT2D eigenvalue weighted by atomic mass is 9.95. The maximum absolute atomic E-state index is 12.0. The van der Waals surface area contributed by atoms with Crippen molar-refractivity contribution in [2.75, 3.05) is 27.2 Å². The van der Waals surface area contributed by atoms with Gasteiger partial charge >= 0.3 is 5.97 Å². The van der Waals surface area contributed by atoms with E-state index in [1.165, 1.54) is 18.4 Å². The van der Waals surface area contributed by atoms with Crippen LogP contribution in [0.4, 0.5) is 0 Å². The van der Waals surface area contributed by atoms with Gasteiger partial charge in [0.05, 0.1) is 10.8 Å². The van der Waals surface area contributed by atoms with Gasteiger partial charge in [0.2, 0.25) is 10.0 Å². The normalized spacial score (nSPS) is 18.5. The molecule has 0 aliphatic carbocycles. The summed E-state index contributed by atoms with van der Waals surface area (Å²) in [5, 5.41) is 8.88. The molecule has 7 heteroatoms. The van der Waals surface area contributed by atoms with Gasteiger partial charge < -0.3 is 5.11 Å². The summed E-state index contributed by atoms with van der Waals surface area (Å²) in [6.07, 6.45) is 0. The van der Waals surface area contributed by atoms with Crippen LogP contribution in [0.15, 0.2) is 29.2 Å². The summed E-state index contributed by atoms with van der Waals surface area (Å²) in [5.41, 5.74) is 0.983. The summed E-state index contributed by atoms with van der Waals surface area (Å²) in [7, 11) is -0.413. The zero-order chi connectivity index (χ0) is 15.8. The van der Waals surface area contributed by atoms with Gasteiger partial charge in [0.25, 0.3) is 0 Å². The van der Waals surface area contributed by atoms with E-state index in [2.05, 4.69) is 4.90 Å². The Hall–Kier alpha value is -1.44. The van der Waals surface area contributed by atoms with E-state index in [-0.39, 0.29) is 16.9 Å². The van der Waals surface area contributed by atoms with E-state index in [4.69, 9.17) is 5.11 Å². The van der Waals surface area contributed by atoms with Crippen LogP contribution in [0.3, 0.4) is 0 Å². The molecule has 1 aromatic rings. The Balaban J connectivity index is 2.08. The largest absolute Gasteiger partial charge is 0.481 e. The lowest BCUT2D eigenvalue weighted by Crippen LogP contribution is -2.51. The Morgan fingerprint density at radius 3 is 2.24 bits per heavy atom. The van der Waals surface area contributed by atoms with Gasteiger partial charge in [0.1, 0.15) is 0 Å². The fraction of sp³-hybridized carbons (Fsp3) is 0.500.